The van der Waals surface area contributed by atoms with Gasteiger partial charge in [-0.2, -0.15) is 0 Å². The topological polar surface area (TPSA) is 37.8 Å². The van der Waals surface area contributed by atoms with Crippen LogP contribution in [0.2, 0.25) is 0 Å². The van der Waals surface area contributed by atoms with E-state index >= 15 is 0 Å². The maximum atomic E-state index is 3.96. The first-order chi connectivity index (χ1) is 5.95. The lowest BCUT2D eigenvalue weighted by Crippen LogP contribution is -2.19. The van der Waals surface area contributed by atoms with Crippen molar-refractivity contribution in [3.05, 3.63) is 24.3 Å². The van der Waals surface area contributed by atoms with Gasteiger partial charge in [0.25, 0.3) is 0 Å². The molecular weight excluding hydrogens is 150 g/mol. The van der Waals surface area contributed by atoms with Gasteiger partial charge in [0.1, 0.15) is 6.33 Å². The summed E-state index contributed by atoms with van der Waals surface area (Å²) in [7, 11) is 0. The zero-order valence-corrected chi connectivity index (χ0v) is 7.03. The average molecular weight is 163 g/mol. The minimum atomic E-state index is 0.801. The fourth-order valence-electron chi connectivity index (χ4n) is 1.17. The monoisotopic (exact) mass is 163 g/mol. The summed E-state index contributed by atoms with van der Waals surface area (Å²) in [4.78, 5) is 7.92. The van der Waals surface area contributed by atoms with Gasteiger partial charge in [0.05, 0.1) is 0 Å². The van der Waals surface area contributed by atoms with Crippen LogP contribution in [0.25, 0.3) is 0 Å². The van der Waals surface area contributed by atoms with Gasteiger partial charge in [-0.3, -0.25) is 0 Å². The Labute approximate surface area is 72.2 Å². The van der Waals surface area contributed by atoms with Crippen LogP contribution < -0.4 is 5.32 Å². The molecule has 1 aliphatic carbocycles. The maximum absolute atomic E-state index is 3.96. The molecule has 1 N–H and O–H groups in total. The van der Waals surface area contributed by atoms with Crippen molar-refractivity contribution >= 4 is 0 Å². The summed E-state index contributed by atoms with van der Waals surface area (Å²) in [5.74, 6) is 0. The van der Waals surface area contributed by atoms with Crippen LogP contribution in [0.5, 0.6) is 0 Å². The van der Waals surface area contributed by atoms with E-state index in [4.69, 9.17) is 0 Å². The molecule has 0 atom stereocenters. The van der Waals surface area contributed by atoms with Crippen molar-refractivity contribution in [3.63, 3.8) is 0 Å². The highest BCUT2D eigenvalue weighted by Crippen LogP contribution is 2.18. The molecule has 0 amide bonds. The van der Waals surface area contributed by atoms with E-state index in [1.165, 1.54) is 18.4 Å². The van der Waals surface area contributed by atoms with Crippen molar-refractivity contribution in [3.8, 4) is 0 Å². The van der Waals surface area contributed by atoms with Gasteiger partial charge in [-0.05, 0) is 31.4 Å². The summed E-state index contributed by atoms with van der Waals surface area (Å²) in [6.45, 7) is 1.05. The van der Waals surface area contributed by atoms with Gasteiger partial charge < -0.3 is 5.32 Å². The lowest BCUT2D eigenvalue weighted by atomic mass is 10.2. The molecule has 1 aromatic heterocycles. The summed E-state index contributed by atoms with van der Waals surface area (Å²) >= 11 is 0. The zero-order valence-electron chi connectivity index (χ0n) is 7.03. The minimum Gasteiger partial charge on any atom is -0.314 e. The second-order valence-electron chi connectivity index (χ2n) is 3.23. The molecule has 1 heterocycles. The molecule has 0 unspecified atom stereocenters. The van der Waals surface area contributed by atoms with Crippen LogP contribution in [0.3, 0.4) is 0 Å². The number of nitrogens with zero attached hydrogens (tertiary/aromatic N) is 2. The highest BCUT2D eigenvalue weighted by molar-refractivity contribution is 5.02. The van der Waals surface area contributed by atoms with Crippen molar-refractivity contribution < 1.29 is 0 Å². The Morgan fingerprint density at radius 1 is 1.33 bits per heavy atom. The van der Waals surface area contributed by atoms with Crippen LogP contribution >= 0.6 is 0 Å². The Bertz CT molecular complexity index is 231. The highest BCUT2D eigenvalue weighted by atomic mass is 14.9. The first kappa shape index (κ1) is 7.68. The molecule has 0 radical (unpaired) electrons. The van der Waals surface area contributed by atoms with E-state index in [9.17, 15) is 0 Å². The quantitative estimate of drug-likeness (QED) is 0.712. The number of hydrogen-bond donors (Lipinski definition) is 1. The minimum absolute atomic E-state index is 0.801. The molecule has 12 heavy (non-hydrogen) atoms. The molecular formula is C9H13N3. The molecule has 3 nitrogen and oxygen atoms in total. The van der Waals surface area contributed by atoms with Crippen molar-refractivity contribution in [1.82, 2.24) is 15.3 Å². The van der Waals surface area contributed by atoms with Crippen LogP contribution in [-0.4, -0.2) is 22.6 Å². The smallest absolute Gasteiger partial charge is 0.115 e. The molecule has 0 aromatic carbocycles. The van der Waals surface area contributed by atoms with Crippen LogP contribution in [0.4, 0.5) is 0 Å². The molecule has 1 aromatic rings. The summed E-state index contributed by atoms with van der Waals surface area (Å²) in [6, 6.07) is 0.801. The Balaban J connectivity index is 1.72. The molecule has 2 rings (SSSR count). The summed E-state index contributed by atoms with van der Waals surface area (Å²) in [5, 5.41) is 3.45. The van der Waals surface area contributed by atoms with E-state index in [1.54, 1.807) is 6.33 Å². The predicted octanol–water partition coefficient (Wildman–Crippen LogP) is 0.771. The second-order valence-corrected chi connectivity index (χ2v) is 3.23. The van der Waals surface area contributed by atoms with Crippen molar-refractivity contribution in [2.45, 2.75) is 25.3 Å². The van der Waals surface area contributed by atoms with E-state index in [0.717, 1.165) is 19.0 Å². The zero-order chi connectivity index (χ0) is 8.23. The lowest BCUT2D eigenvalue weighted by molar-refractivity contribution is 0.680. The van der Waals surface area contributed by atoms with Crippen LogP contribution in [0.15, 0.2) is 18.7 Å². The lowest BCUT2D eigenvalue weighted by Gasteiger charge is -2.00. The normalized spacial score (nSPS) is 16.3. The number of nitrogens with one attached hydrogen (secondary N) is 1. The molecule has 0 saturated heterocycles. The van der Waals surface area contributed by atoms with E-state index in [0.29, 0.717) is 0 Å². The number of rotatable bonds is 4. The molecule has 3 heteroatoms. The third-order valence-electron chi connectivity index (χ3n) is 2.04. The van der Waals surface area contributed by atoms with Gasteiger partial charge in [-0.1, -0.05) is 0 Å². The van der Waals surface area contributed by atoms with Gasteiger partial charge in [0, 0.05) is 18.4 Å². The molecule has 1 fully saturated rings. The van der Waals surface area contributed by atoms with Crippen LogP contribution in [0.1, 0.15) is 18.4 Å². The number of hydrogen-bond acceptors (Lipinski definition) is 3. The number of aromatic nitrogens is 2. The summed E-state index contributed by atoms with van der Waals surface area (Å²) in [5.41, 5.74) is 1.21. The summed E-state index contributed by atoms with van der Waals surface area (Å²) < 4.78 is 0. The molecule has 0 aliphatic heterocycles. The fourth-order valence-corrected chi connectivity index (χ4v) is 1.17. The van der Waals surface area contributed by atoms with E-state index in [-0.39, 0.29) is 0 Å². The fraction of sp³-hybridized carbons (Fsp3) is 0.556. The average Bonchev–Trinajstić information content (AvgIpc) is 2.90. The first-order valence-corrected chi connectivity index (χ1v) is 4.42. The van der Waals surface area contributed by atoms with Crippen LogP contribution in [-0.2, 0) is 6.42 Å². The van der Waals surface area contributed by atoms with E-state index < -0.39 is 0 Å². The van der Waals surface area contributed by atoms with Gasteiger partial charge in [0.15, 0.2) is 0 Å². The van der Waals surface area contributed by atoms with Gasteiger partial charge >= 0.3 is 0 Å². The van der Waals surface area contributed by atoms with Crippen molar-refractivity contribution in [2.24, 2.45) is 0 Å². The molecule has 1 aliphatic rings. The molecule has 0 spiro atoms. The Kier molecular flexibility index (Phi) is 2.32. The van der Waals surface area contributed by atoms with Crippen LogP contribution in [0, 0.1) is 0 Å². The maximum Gasteiger partial charge on any atom is 0.115 e. The SMILES string of the molecule is c1ncc(CCNC2CC2)cn1. The highest BCUT2D eigenvalue weighted by Gasteiger charge is 2.19. The van der Waals surface area contributed by atoms with Crippen molar-refractivity contribution in [2.75, 3.05) is 6.54 Å². The molecule has 64 valence electrons. The predicted molar refractivity (Wildman–Crippen MR) is 46.8 cm³/mol. The third-order valence-corrected chi connectivity index (χ3v) is 2.04. The van der Waals surface area contributed by atoms with E-state index in [1.807, 2.05) is 12.4 Å². The largest absolute Gasteiger partial charge is 0.314 e. The Hall–Kier alpha value is -0.960. The van der Waals surface area contributed by atoms with Gasteiger partial charge in [-0.15, -0.1) is 0 Å². The first-order valence-electron chi connectivity index (χ1n) is 4.42. The Morgan fingerprint density at radius 3 is 2.75 bits per heavy atom. The van der Waals surface area contributed by atoms with Gasteiger partial charge in [0.2, 0.25) is 0 Å². The Morgan fingerprint density at radius 2 is 2.08 bits per heavy atom. The van der Waals surface area contributed by atoms with Crippen molar-refractivity contribution in [1.29, 1.82) is 0 Å². The summed E-state index contributed by atoms with van der Waals surface area (Å²) in [6.07, 6.45) is 9.06. The standard InChI is InChI=1S/C9H13N3/c1-2-9(1)12-4-3-8-5-10-7-11-6-8/h5-7,9,12H,1-4H2. The second kappa shape index (κ2) is 3.63. The third kappa shape index (κ3) is 2.27. The molecule has 1 saturated carbocycles. The van der Waals surface area contributed by atoms with E-state index in [2.05, 4.69) is 15.3 Å². The molecule has 0 bridgehead atoms. The van der Waals surface area contributed by atoms with Gasteiger partial charge in [-0.25, -0.2) is 9.97 Å².